The van der Waals surface area contributed by atoms with E-state index in [0.29, 0.717) is 5.56 Å². The number of nitriles is 1. The van der Waals surface area contributed by atoms with E-state index in [1.165, 1.54) is 0 Å². The second-order valence-electron chi connectivity index (χ2n) is 2.70. The monoisotopic (exact) mass is 201 g/mol. The van der Waals surface area contributed by atoms with Gasteiger partial charge in [0.25, 0.3) is 0 Å². The molecule has 1 rings (SSSR count). The molecule has 0 heterocycles. The zero-order valence-corrected chi connectivity index (χ0v) is 8.54. The number of benzene rings is 1. The van der Waals surface area contributed by atoms with Gasteiger partial charge in [0.15, 0.2) is 0 Å². The zero-order valence-electron chi connectivity index (χ0n) is 8.54. The molecule has 0 unspecified atom stereocenters. The van der Waals surface area contributed by atoms with Crippen molar-refractivity contribution in [2.75, 3.05) is 0 Å². The first-order valence-corrected chi connectivity index (χ1v) is 4.48. The van der Waals surface area contributed by atoms with E-state index in [2.05, 4.69) is 47.0 Å². The smallest absolute Gasteiger partial charge is 0.0991 e. The molecule has 0 aromatic heterocycles. The Kier molecular flexibility index (Phi) is 4.60. The maximum Gasteiger partial charge on any atom is 0.0991 e. The van der Waals surface area contributed by atoms with Crippen LogP contribution in [0.25, 0.3) is 6.08 Å². The summed E-state index contributed by atoms with van der Waals surface area (Å²) in [5.74, 6) is 0. The Morgan fingerprint density at radius 3 is 2.31 bits per heavy atom. The Morgan fingerprint density at radius 1 is 1.00 bits per heavy atom. The molecule has 0 saturated heterocycles. The summed E-state index contributed by atoms with van der Waals surface area (Å²) in [4.78, 5) is 0. The minimum absolute atomic E-state index is 0.635. The zero-order chi connectivity index (χ0) is 11.6. The van der Waals surface area contributed by atoms with Gasteiger partial charge in [-0.3, -0.25) is 0 Å². The van der Waals surface area contributed by atoms with Crippen LogP contribution in [0.5, 0.6) is 0 Å². The van der Waals surface area contributed by atoms with Crippen molar-refractivity contribution in [2.24, 2.45) is 0 Å². The molecule has 0 radical (unpaired) electrons. The highest BCUT2D eigenvalue weighted by molar-refractivity contribution is 5.50. The average Bonchev–Trinajstić information content (AvgIpc) is 2.34. The summed E-state index contributed by atoms with van der Waals surface area (Å²) in [7, 11) is 0. The SMILES string of the molecule is C=C=C=C=C=C=C=Cc1ccc(C#N)cc1. The highest BCUT2D eigenvalue weighted by Crippen LogP contribution is 2.03. The molecule has 0 amide bonds. The number of hydrogen-bond acceptors (Lipinski definition) is 1. The van der Waals surface area contributed by atoms with Crippen molar-refractivity contribution < 1.29 is 0 Å². The fourth-order valence-corrected chi connectivity index (χ4v) is 0.916. The van der Waals surface area contributed by atoms with Gasteiger partial charge in [0, 0.05) is 0 Å². The van der Waals surface area contributed by atoms with E-state index in [1.807, 2.05) is 12.1 Å². The van der Waals surface area contributed by atoms with Gasteiger partial charge < -0.3 is 0 Å². The standard InChI is InChI=1S/C15H7N/c1-2-3-4-5-6-7-8-14-9-11-15(13-16)12-10-14/h8-12H,1H2. The minimum Gasteiger partial charge on any atom is -0.192 e. The lowest BCUT2D eigenvalue weighted by Crippen LogP contribution is -1.73. The average molecular weight is 201 g/mol. The maximum atomic E-state index is 8.60. The van der Waals surface area contributed by atoms with Crippen molar-refractivity contribution in [3.63, 3.8) is 0 Å². The molecule has 1 aromatic carbocycles. The molecule has 72 valence electrons. The third-order valence-electron chi connectivity index (χ3n) is 1.63. The van der Waals surface area contributed by atoms with Gasteiger partial charge in [-0.05, 0) is 53.3 Å². The normalized spacial score (nSPS) is 6.69. The van der Waals surface area contributed by atoms with E-state index in [9.17, 15) is 0 Å². The van der Waals surface area contributed by atoms with Crippen LogP contribution in [0.3, 0.4) is 0 Å². The summed E-state index contributed by atoms with van der Waals surface area (Å²) in [6.07, 6.45) is 1.73. The van der Waals surface area contributed by atoms with E-state index < -0.39 is 0 Å². The van der Waals surface area contributed by atoms with Crippen LogP contribution in [0.15, 0.2) is 65.2 Å². The van der Waals surface area contributed by atoms with Crippen molar-refractivity contribution in [3.8, 4) is 6.07 Å². The molecular weight excluding hydrogens is 194 g/mol. The molecule has 0 N–H and O–H groups in total. The number of hydrogen-bond donors (Lipinski definition) is 0. The molecule has 1 heteroatoms. The summed E-state index contributed by atoms with van der Waals surface area (Å²) in [5.41, 5.74) is 17.0. The Balaban J connectivity index is 3.02. The second kappa shape index (κ2) is 6.56. The van der Waals surface area contributed by atoms with Crippen LogP contribution in [0.1, 0.15) is 11.1 Å². The molecule has 0 aliphatic heterocycles. The van der Waals surface area contributed by atoms with Crippen LogP contribution in [-0.2, 0) is 0 Å². The summed E-state index contributed by atoms with van der Waals surface area (Å²) >= 11 is 0. The van der Waals surface area contributed by atoms with Crippen molar-refractivity contribution in [3.05, 3.63) is 76.4 Å². The molecule has 1 aromatic rings. The van der Waals surface area contributed by atoms with Gasteiger partial charge in [-0.15, -0.1) is 0 Å². The third kappa shape index (κ3) is 3.89. The van der Waals surface area contributed by atoms with Crippen molar-refractivity contribution in [2.45, 2.75) is 0 Å². The molecule has 0 bridgehead atoms. The Bertz CT molecular complexity index is 632. The van der Waals surface area contributed by atoms with Gasteiger partial charge in [0.2, 0.25) is 0 Å². The van der Waals surface area contributed by atoms with Crippen LogP contribution in [0.4, 0.5) is 0 Å². The predicted molar refractivity (Wildman–Crippen MR) is 62.3 cm³/mol. The van der Waals surface area contributed by atoms with E-state index >= 15 is 0 Å². The predicted octanol–water partition coefficient (Wildman–Crippen LogP) is 3.13. The largest absolute Gasteiger partial charge is 0.192 e. The summed E-state index contributed by atoms with van der Waals surface area (Å²) in [6.45, 7) is 3.32. The molecule has 0 fully saturated rings. The van der Waals surface area contributed by atoms with Gasteiger partial charge in [-0.25, -0.2) is 0 Å². The van der Waals surface area contributed by atoms with E-state index in [4.69, 9.17) is 5.26 Å². The lowest BCUT2D eigenvalue weighted by Gasteiger charge is -1.89. The molecule has 0 aliphatic carbocycles. The highest BCUT2D eigenvalue weighted by Gasteiger charge is 1.87. The van der Waals surface area contributed by atoms with Crippen LogP contribution >= 0.6 is 0 Å². The quantitative estimate of drug-likeness (QED) is 0.640. The number of rotatable bonds is 1. The second-order valence-corrected chi connectivity index (χ2v) is 2.70. The summed E-state index contributed by atoms with van der Waals surface area (Å²) in [6, 6.07) is 9.20. The van der Waals surface area contributed by atoms with E-state index in [-0.39, 0.29) is 0 Å². The van der Waals surface area contributed by atoms with Gasteiger partial charge in [-0.1, -0.05) is 23.6 Å². The molecule has 0 spiro atoms. The molecule has 0 saturated carbocycles. The van der Waals surface area contributed by atoms with Gasteiger partial charge in [-0.2, -0.15) is 5.26 Å². The molecule has 0 aliphatic rings. The Labute approximate surface area is 94.3 Å². The fourth-order valence-electron chi connectivity index (χ4n) is 0.916. The highest BCUT2D eigenvalue weighted by atomic mass is 14.2. The fraction of sp³-hybridized carbons (Fsp3) is 0. The third-order valence-corrected chi connectivity index (χ3v) is 1.63. The van der Waals surface area contributed by atoms with Crippen LogP contribution < -0.4 is 0 Å². The maximum absolute atomic E-state index is 8.60. The minimum atomic E-state index is 0.635. The lowest BCUT2D eigenvalue weighted by molar-refractivity contribution is 1.48. The van der Waals surface area contributed by atoms with E-state index in [0.717, 1.165) is 5.56 Å². The van der Waals surface area contributed by atoms with E-state index in [1.54, 1.807) is 18.2 Å². The molecule has 16 heavy (non-hydrogen) atoms. The Hall–Kier alpha value is -2.87. The van der Waals surface area contributed by atoms with Crippen LogP contribution in [0.2, 0.25) is 0 Å². The number of nitrogens with zero attached hydrogens (tertiary/aromatic N) is 1. The van der Waals surface area contributed by atoms with Gasteiger partial charge in [0.1, 0.15) is 0 Å². The summed E-state index contributed by atoms with van der Waals surface area (Å²) in [5, 5.41) is 8.60. The Morgan fingerprint density at radius 2 is 1.69 bits per heavy atom. The van der Waals surface area contributed by atoms with Gasteiger partial charge >= 0.3 is 0 Å². The van der Waals surface area contributed by atoms with Crippen molar-refractivity contribution >= 4 is 6.08 Å². The van der Waals surface area contributed by atoms with Crippen LogP contribution in [0, 0.1) is 11.3 Å². The first-order chi connectivity index (χ1) is 7.86. The topological polar surface area (TPSA) is 23.8 Å². The van der Waals surface area contributed by atoms with Crippen LogP contribution in [-0.4, -0.2) is 0 Å². The summed E-state index contributed by atoms with van der Waals surface area (Å²) < 4.78 is 0. The van der Waals surface area contributed by atoms with Gasteiger partial charge in [0.05, 0.1) is 11.6 Å². The van der Waals surface area contributed by atoms with Crippen molar-refractivity contribution in [1.29, 1.82) is 5.26 Å². The molecule has 1 nitrogen and oxygen atoms in total. The lowest BCUT2D eigenvalue weighted by atomic mass is 10.1. The molecule has 0 atom stereocenters. The van der Waals surface area contributed by atoms with Crippen molar-refractivity contribution in [1.82, 2.24) is 0 Å². The molecular formula is C15H7N. The first kappa shape index (κ1) is 11.2. The first-order valence-electron chi connectivity index (χ1n) is 4.48.